The first-order valence-electron chi connectivity index (χ1n) is 20.8. The van der Waals surface area contributed by atoms with Gasteiger partial charge in [0.2, 0.25) is 0 Å². The summed E-state index contributed by atoms with van der Waals surface area (Å²) in [6, 6.07) is 25.8. The van der Waals surface area contributed by atoms with Crippen LogP contribution in [-0.2, 0) is 17.6 Å². The maximum Gasteiger partial charge on any atom is 0.260 e. The Morgan fingerprint density at radius 2 is 1.49 bits per heavy atom. The average molecular weight is 792 g/mol. The number of ketones is 1. The maximum atomic E-state index is 13.9. The zero-order valence-corrected chi connectivity index (χ0v) is 34.8. The van der Waals surface area contributed by atoms with Crippen molar-refractivity contribution in [3.63, 3.8) is 0 Å². The van der Waals surface area contributed by atoms with E-state index in [2.05, 4.69) is 57.2 Å². The first kappa shape index (κ1) is 39.8. The lowest BCUT2D eigenvalue weighted by Gasteiger charge is -2.20. The summed E-state index contributed by atoms with van der Waals surface area (Å²) in [4.78, 5) is 48.6. The molecule has 0 N–H and O–H groups in total. The number of aryl methyl sites for hydroxylation is 2. The lowest BCUT2D eigenvalue weighted by Crippen LogP contribution is -2.32. The highest BCUT2D eigenvalue weighted by atomic mass is 16.5. The van der Waals surface area contributed by atoms with Crippen LogP contribution >= 0.6 is 0 Å². The van der Waals surface area contributed by atoms with E-state index in [9.17, 15) is 14.4 Å². The molecule has 4 aliphatic rings. The molecule has 2 atom stereocenters. The molecule has 0 aliphatic carbocycles. The van der Waals surface area contributed by atoms with Crippen molar-refractivity contribution in [1.29, 1.82) is 0 Å². The minimum atomic E-state index is -0.156. The molecule has 59 heavy (non-hydrogen) atoms. The zero-order chi connectivity index (χ0) is 41.3. The van der Waals surface area contributed by atoms with Gasteiger partial charge in [-0.05, 0) is 95.2 Å². The topological polar surface area (TPSA) is 97.7 Å². The number of Topliss-reactive ketones (excluding diaryl/α,β-unsaturated/α-hetero) is 1. The van der Waals surface area contributed by atoms with Gasteiger partial charge in [0.15, 0.2) is 11.5 Å². The fourth-order valence-corrected chi connectivity index (χ4v) is 8.40. The molecule has 0 fully saturated rings. The molecular weight excluding hydrogens is 739 g/mol. The number of carbonyl (C=O) groups excluding carboxylic acids is 3. The van der Waals surface area contributed by atoms with E-state index in [1.165, 1.54) is 0 Å². The van der Waals surface area contributed by atoms with E-state index in [0.717, 1.165) is 76.0 Å². The Hall–Kier alpha value is -5.96. The predicted octanol–water partition coefficient (Wildman–Crippen LogP) is 9.96. The molecule has 9 heteroatoms. The van der Waals surface area contributed by atoms with Crippen molar-refractivity contribution in [3.05, 3.63) is 130 Å². The molecule has 0 radical (unpaired) electrons. The summed E-state index contributed by atoms with van der Waals surface area (Å²) in [5, 5.41) is 0. The zero-order valence-electron chi connectivity index (χ0n) is 34.8. The predicted molar refractivity (Wildman–Crippen MR) is 232 cm³/mol. The number of fused-ring (bicyclic) bond motifs is 4. The number of aliphatic imine (C=N–C) groups is 1. The van der Waals surface area contributed by atoms with Crippen molar-refractivity contribution in [2.24, 2.45) is 10.4 Å². The number of rotatable bonds is 13. The molecule has 8 rings (SSSR count). The lowest BCUT2D eigenvalue weighted by molar-refractivity contribution is -0.118. The Labute approximate surface area is 347 Å². The van der Waals surface area contributed by atoms with Crippen LogP contribution in [-0.4, -0.2) is 66.0 Å². The Bertz CT molecular complexity index is 2350. The normalized spacial score (nSPS) is 18.3. The van der Waals surface area contributed by atoms with Crippen LogP contribution in [0.25, 0.3) is 11.1 Å². The molecule has 4 heterocycles. The first-order valence-corrected chi connectivity index (χ1v) is 20.8. The summed E-state index contributed by atoms with van der Waals surface area (Å²) in [6.07, 6.45) is 11.5. The molecule has 4 aliphatic heterocycles. The summed E-state index contributed by atoms with van der Waals surface area (Å²) < 4.78 is 18.1. The second-order valence-corrected chi connectivity index (χ2v) is 17.4. The number of amides is 2. The smallest absolute Gasteiger partial charge is 0.260 e. The van der Waals surface area contributed by atoms with Gasteiger partial charge in [0.25, 0.3) is 11.8 Å². The van der Waals surface area contributed by atoms with Gasteiger partial charge in [-0.3, -0.25) is 19.4 Å². The highest BCUT2D eigenvalue weighted by Crippen LogP contribution is 2.41. The number of hydrogen-bond donors (Lipinski definition) is 0. The van der Waals surface area contributed by atoms with E-state index >= 15 is 0 Å². The SMILES string of the molecule is COc1cc2c(cc1OCCCOc1cc3c(cc1C)C(=O)N1C=C(c4ccc(CC(=O)CCC(C)(C)C)cc4)C[C@H]1CC3)N=C[C@@H]1CC(c3ccccc3)=CN1C2=O. The number of benzene rings is 4. The van der Waals surface area contributed by atoms with E-state index in [0.29, 0.717) is 61.6 Å². The largest absolute Gasteiger partial charge is 0.493 e. The molecule has 0 bridgehead atoms. The minimum absolute atomic E-state index is 0.0242. The molecule has 4 aromatic carbocycles. The van der Waals surface area contributed by atoms with E-state index in [4.69, 9.17) is 19.2 Å². The summed E-state index contributed by atoms with van der Waals surface area (Å²) in [6.45, 7) is 9.27. The van der Waals surface area contributed by atoms with Crippen LogP contribution in [0.1, 0.15) is 108 Å². The van der Waals surface area contributed by atoms with Gasteiger partial charge < -0.3 is 24.0 Å². The molecule has 9 nitrogen and oxygen atoms in total. The van der Waals surface area contributed by atoms with Crippen LogP contribution < -0.4 is 14.2 Å². The fraction of sp³-hybridized carbons (Fsp3) is 0.360. The van der Waals surface area contributed by atoms with Gasteiger partial charge >= 0.3 is 0 Å². The van der Waals surface area contributed by atoms with Gasteiger partial charge in [0.1, 0.15) is 11.5 Å². The van der Waals surface area contributed by atoms with Gasteiger partial charge in [-0.15, -0.1) is 0 Å². The van der Waals surface area contributed by atoms with Crippen molar-refractivity contribution in [3.8, 4) is 17.2 Å². The summed E-state index contributed by atoms with van der Waals surface area (Å²) >= 11 is 0. The van der Waals surface area contributed by atoms with Crippen molar-refractivity contribution in [2.75, 3.05) is 20.3 Å². The second kappa shape index (κ2) is 16.7. The highest BCUT2D eigenvalue weighted by Gasteiger charge is 2.35. The van der Waals surface area contributed by atoms with Crippen LogP contribution in [0.5, 0.6) is 17.2 Å². The molecule has 0 spiro atoms. The van der Waals surface area contributed by atoms with Crippen LogP contribution in [0, 0.1) is 12.3 Å². The standard InChI is InChI=1S/C50H53N3O6/c1-32-22-42-36(16-17-39-24-37(30-52(39)48(42)55)35-14-12-33(13-15-35)23-41(54)18-19-50(2,3)4)26-45(32)58-20-9-21-59-47-28-44-43(27-46(47)57-5)49(56)53-31-38(25-40(53)29-51-44)34-10-7-6-8-11-34/h6-8,10-15,22,26-31,39-40H,9,16-21,23-25H2,1-5H3/t39-,40+/m1/s1. The molecule has 0 saturated heterocycles. The quantitative estimate of drug-likeness (QED) is 0.125. The third-order valence-corrected chi connectivity index (χ3v) is 11.8. The minimum Gasteiger partial charge on any atom is -0.493 e. The van der Waals surface area contributed by atoms with Crippen LogP contribution in [0.2, 0.25) is 0 Å². The highest BCUT2D eigenvalue weighted by molar-refractivity contribution is 6.05. The summed E-state index contributed by atoms with van der Waals surface area (Å²) in [5.41, 5.74) is 9.30. The Balaban J connectivity index is 0.860. The van der Waals surface area contributed by atoms with Gasteiger partial charge in [-0.25, -0.2) is 0 Å². The third kappa shape index (κ3) is 8.75. The Kier molecular flexibility index (Phi) is 11.3. The molecular formula is C50H53N3O6. The van der Waals surface area contributed by atoms with E-state index in [1.54, 1.807) is 24.1 Å². The van der Waals surface area contributed by atoms with Gasteiger partial charge in [-0.1, -0.05) is 75.4 Å². The van der Waals surface area contributed by atoms with E-state index in [1.807, 2.05) is 60.8 Å². The monoisotopic (exact) mass is 791 g/mol. The van der Waals surface area contributed by atoms with Crippen molar-refractivity contribution in [2.45, 2.75) is 91.1 Å². The van der Waals surface area contributed by atoms with Gasteiger partial charge in [0.05, 0.1) is 37.6 Å². The van der Waals surface area contributed by atoms with Crippen molar-refractivity contribution in [1.82, 2.24) is 9.80 Å². The summed E-state index contributed by atoms with van der Waals surface area (Å²) in [5.74, 6) is 1.94. The number of ether oxygens (including phenoxy) is 3. The number of hydrogen-bond acceptors (Lipinski definition) is 7. The van der Waals surface area contributed by atoms with Crippen LogP contribution in [0.3, 0.4) is 0 Å². The number of methoxy groups -OCH3 is 1. The number of nitrogens with zero attached hydrogens (tertiary/aromatic N) is 3. The Morgan fingerprint density at radius 3 is 2.24 bits per heavy atom. The summed E-state index contributed by atoms with van der Waals surface area (Å²) in [7, 11) is 1.57. The Morgan fingerprint density at radius 1 is 0.797 bits per heavy atom. The van der Waals surface area contributed by atoms with Gasteiger partial charge in [0, 0.05) is 62.0 Å². The van der Waals surface area contributed by atoms with E-state index < -0.39 is 0 Å². The second-order valence-electron chi connectivity index (χ2n) is 17.4. The number of carbonyl (C=O) groups is 3. The average Bonchev–Trinajstić information content (AvgIpc) is 3.81. The van der Waals surface area contributed by atoms with Crippen LogP contribution in [0.4, 0.5) is 5.69 Å². The molecule has 304 valence electrons. The van der Waals surface area contributed by atoms with Crippen molar-refractivity contribution >= 4 is 40.6 Å². The maximum absolute atomic E-state index is 13.9. The third-order valence-electron chi connectivity index (χ3n) is 11.8. The lowest BCUT2D eigenvalue weighted by atomic mass is 9.88. The van der Waals surface area contributed by atoms with Crippen molar-refractivity contribution < 1.29 is 28.6 Å². The van der Waals surface area contributed by atoms with E-state index in [-0.39, 0.29) is 35.1 Å². The molecule has 4 aromatic rings. The van der Waals surface area contributed by atoms with Gasteiger partial charge in [-0.2, -0.15) is 0 Å². The van der Waals surface area contributed by atoms with Crippen LogP contribution in [0.15, 0.2) is 96.3 Å². The molecule has 0 unspecified atom stereocenters. The fourth-order valence-electron chi connectivity index (χ4n) is 8.40. The molecule has 0 saturated carbocycles. The first-order chi connectivity index (χ1) is 28.4. The molecule has 2 amide bonds. The molecule has 0 aromatic heterocycles.